The van der Waals surface area contributed by atoms with Gasteiger partial charge in [-0.3, -0.25) is 4.79 Å². The topological polar surface area (TPSA) is 104 Å². The van der Waals surface area contributed by atoms with E-state index in [2.05, 4.69) is 4.98 Å². The van der Waals surface area contributed by atoms with E-state index in [1.165, 1.54) is 12.1 Å². The van der Waals surface area contributed by atoms with Crippen molar-refractivity contribution >= 4 is 35.0 Å². The van der Waals surface area contributed by atoms with E-state index in [4.69, 9.17) is 17.3 Å². The van der Waals surface area contributed by atoms with Crippen LogP contribution in [0.1, 0.15) is 27.0 Å². The number of pyridine rings is 1. The Hall–Kier alpha value is -3.53. The van der Waals surface area contributed by atoms with Crippen molar-refractivity contribution < 1.29 is 18.0 Å². The van der Waals surface area contributed by atoms with Crippen molar-refractivity contribution in [2.24, 2.45) is 0 Å². The van der Waals surface area contributed by atoms with Crippen LogP contribution in [0.25, 0.3) is 11.1 Å². The molecule has 0 spiro atoms. The van der Waals surface area contributed by atoms with Gasteiger partial charge in [0.05, 0.1) is 16.9 Å². The average Bonchev–Trinajstić information content (AvgIpc) is 2.77. The molecule has 1 aromatic heterocycles. The minimum Gasteiger partial charge on any atom is -0.383 e. The third-order valence-electron chi connectivity index (χ3n) is 4.42. The van der Waals surface area contributed by atoms with Crippen LogP contribution >= 0.6 is 23.4 Å². The molecule has 0 radical (unpaired) electrons. The van der Waals surface area contributed by atoms with Crippen LogP contribution in [0.3, 0.4) is 0 Å². The second-order valence-corrected chi connectivity index (χ2v) is 7.81. The van der Waals surface area contributed by atoms with Crippen molar-refractivity contribution in [1.29, 1.82) is 10.5 Å². The zero-order valence-electron chi connectivity index (χ0n) is 16.1. The number of aromatic nitrogens is 1. The van der Waals surface area contributed by atoms with Crippen LogP contribution in [-0.2, 0) is 6.18 Å². The highest BCUT2D eigenvalue weighted by Crippen LogP contribution is 2.37. The highest BCUT2D eigenvalue weighted by molar-refractivity contribution is 8.00. The number of hydrogen-bond acceptors (Lipinski definition) is 6. The number of carbonyl (C=O) groups is 1. The molecule has 2 N–H and O–H groups in total. The van der Waals surface area contributed by atoms with Crippen LogP contribution in [0.4, 0.5) is 19.0 Å². The van der Waals surface area contributed by atoms with E-state index in [0.717, 1.165) is 23.9 Å². The van der Waals surface area contributed by atoms with Crippen LogP contribution in [0.2, 0.25) is 5.02 Å². The quantitative estimate of drug-likeness (QED) is 0.376. The summed E-state index contributed by atoms with van der Waals surface area (Å²) >= 11 is 6.68. The number of nitrogens with zero attached hydrogens (tertiary/aromatic N) is 3. The van der Waals surface area contributed by atoms with Crippen LogP contribution in [0.15, 0.2) is 53.6 Å². The monoisotopic (exact) mass is 472 g/mol. The molecule has 0 saturated carbocycles. The summed E-state index contributed by atoms with van der Waals surface area (Å²) in [5, 5.41) is 19.7. The molecule has 3 aromatic rings. The molecule has 2 aromatic carbocycles. The molecule has 0 unspecified atom stereocenters. The molecule has 1 heterocycles. The maximum absolute atomic E-state index is 13.2. The first-order valence-electron chi connectivity index (χ1n) is 8.89. The highest BCUT2D eigenvalue weighted by atomic mass is 35.5. The van der Waals surface area contributed by atoms with Gasteiger partial charge in [0.2, 0.25) is 0 Å². The highest BCUT2D eigenvalue weighted by Gasteiger charge is 2.34. The number of hydrogen-bond donors (Lipinski definition) is 1. The number of nitrogen functional groups attached to an aromatic ring is 1. The van der Waals surface area contributed by atoms with Crippen molar-refractivity contribution in [3.05, 3.63) is 75.8 Å². The first kappa shape index (κ1) is 23.1. The average molecular weight is 473 g/mol. The van der Waals surface area contributed by atoms with Gasteiger partial charge < -0.3 is 5.73 Å². The Labute approximate surface area is 190 Å². The number of benzene rings is 2. The van der Waals surface area contributed by atoms with Crippen molar-refractivity contribution in [2.75, 3.05) is 11.5 Å². The van der Waals surface area contributed by atoms with Gasteiger partial charge in [0, 0.05) is 16.1 Å². The van der Waals surface area contributed by atoms with Crippen molar-refractivity contribution in [3.63, 3.8) is 0 Å². The molecule has 0 amide bonds. The zero-order valence-corrected chi connectivity index (χ0v) is 17.6. The van der Waals surface area contributed by atoms with E-state index in [0.29, 0.717) is 10.6 Å². The third-order valence-corrected chi connectivity index (χ3v) is 5.65. The number of ketones is 1. The fourth-order valence-corrected chi connectivity index (χ4v) is 4.00. The molecule has 0 aliphatic rings. The van der Waals surface area contributed by atoms with Crippen LogP contribution < -0.4 is 5.73 Å². The van der Waals surface area contributed by atoms with E-state index in [-0.39, 0.29) is 27.5 Å². The van der Waals surface area contributed by atoms with Crippen LogP contribution in [0, 0.1) is 22.7 Å². The Bertz CT molecular complexity index is 1280. The molecule has 0 bridgehead atoms. The van der Waals surface area contributed by atoms with E-state index in [9.17, 15) is 28.5 Å². The lowest BCUT2D eigenvalue weighted by molar-refractivity contribution is -0.137. The van der Waals surface area contributed by atoms with E-state index in [1.807, 2.05) is 12.1 Å². The molecule has 0 aliphatic carbocycles. The summed E-state index contributed by atoms with van der Waals surface area (Å²) in [7, 11) is 0. The summed E-state index contributed by atoms with van der Waals surface area (Å²) in [5.74, 6) is -1.37. The minimum absolute atomic E-state index is 0.0139. The Balaban J connectivity index is 2.02. The summed E-state index contributed by atoms with van der Waals surface area (Å²) in [4.78, 5) is 16.6. The van der Waals surface area contributed by atoms with Gasteiger partial charge in [0.15, 0.2) is 5.78 Å². The summed E-state index contributed by atoms with van der Waals surface area (Å²) in [5.41, 5.74) is 5.04. The van der Waals surface area contributed by atoms with Crippen LogP contribution in [0.5, 0.6) is 0 Å². The van der Waals surface area contributed by atoms with Gasteiger partial charge in [-0.1, -0.05) is 53.7 Å². The van der Waals surface area contributed by atoms with Gasteiger partial charge in [-0.15, -0.1) is 0 Å². The standard InChI is InChI=1S/C22H12ClF3N4OS/c23-13-7-5-12(6-8-13)19-15(9-27)20(29)30-21(16(19)10-28)32-11-18(31)14-3-1-2-4-17(14)22(24,25)26/h1-8H,11H2,(H2,29,30). The molecule has 0 aliphatic heterocycles. The van der Waals surface area contributed by atoms with Crippen molar-refractivity contribution in [3.8, 4) is 23.3 Å². The smallest absolute Gasteiger partial charge is 0.383 e. The summed E-state index contributed by atoms with van der Waals surface area (Å²) < 4.78 is 39.7. The van der Waals surface area contributed by atoms with E-state index >= 15 is 0 Å². The molecule has 0 atom stereocenters. The Morgan fingerprint density at radius 1 is 1.06 bits per heavy atom. The molecule has 5 nitrogen and oxygen atoms in total. The lowest BCUT2D eigenvalue weighted by Crippen LogP contribution is -2.14. The zero-order chi connectivity index (χ0) is 23.5. The molecule has 160 valence electrons. The number of Topliss-reactive ketones (excluding diaryl/α,β-unsaturated/α-hetero) is 1. The first-order valence-corrected chi connectivity index (χ1v) is 10.3. The Morgan fingerprint density at radius 3 is 2.28 bits per heavy atom. The van der Waals surface area contributed by atoms with Gasteiger partial charge in [-0.25, -0.2) is 4.98 Å². The predicted molar refractivity (Wildman–Crippen MR) is 115 cm³/mol. The molecule has 0 saturated heterocycles. The molecule has 32 heavy (non-hydrogen) atoms. The fourth-order valence-electron chi connectivity index (χ4n) is 2.99. The number of nitrogens with two attached hydrogens (primary N) is 1. The SMILES string of the molecule is N#Cc1c(N)nc(SCC(=O)c2ccccc2C(F)(F)F)c(C#N)c1-c1ccc(Cl)cc1. The maximum Gasteiger partial charge on any atom is 0.417 e. The van der Waals surface area contributed by atoms with E-state index in [1.54, 1.807) is 24.3 Å². The predicted octanol–water partition coefficient (Wildman–Crippen LogP) is 5.72. The van der Waals surface area contributed by atoms with Gasteiger partial charge in [0.25, 0.3) is 0 Å². The normalized spacial score (nSPS) is 10.9. The van der Waals surface area contributed by atoms with E-state index < -0.39 is 28.8 Å². The summed E-state index contributed by atoms with van der Waals surface area (Å²) in [6.07, 6.45) is -4.69. The number of carbonyl (C=O) groups excluding carboxylic acids is 1. The number of thioether (sulfide) groups is 1. The lowest BCUT2D eigenvalue weighted by atomic mass is 9.97. The summed E-state index contributed by atoms with van der Waals surface area (Å²) in [6, 6.07) is 14.7. The Morgan fingerprint density at radius 2 is 1.69 bits per heavy atom. The number of alkyl halides is 3. The van der Waals surface area contributed by atoms with Crippen molar-refractivity contribution in [1.82, 2.24) is 4.98 Å². The number of rotatable bonds is 5. The van der Waals surface area contributed by atoms with Gasteiger partial charge >= 0.3 is 6.18 Å². The molecular weight excluding hydrogens is 461 g/mol. The lowest BCUT2D eigenvalue weighted by Gasteiger charge is -2.14. The van der Waals surface area contributed by atoms with Crippen LogP contribution in [-0.4, -0.2) is 16.5 Å². The third kappa shape index (κ3) is 4.70. The second-order valence-electron chi connectivity index (χ2n) is 6.41. The first-order chi connectivity index (χ1) is 15.2. The maximum atomic E-state index is 13.2. The van der Waals surface area contributed by atoms with Gasteiger partial charge in [-0.05, 0) is 23.8 Å². The van der Waals surface area contributed by atoms with Crippen molar-refractivity contribution in [2.45, 2.75) is 11.2 Å². The number of anilines is 1. The van der Waals surface area contributed by atoms with Gasteiger partial charge in [0.1, 0.15) is 28.5 Å². The number of nitriles is 2. The minimum atomic E-state index is -4.69. The largest absolute Gasteiger partial charge is 0.417 e. The van der Waals surface area contributed by atoms with Gasteiger partial charge in [-0.2, -0.15) is 23.7 Å². The molecule has 10 heteroatoms. The fraction of sp³-hybridized carbons (Fsp3) is 0.0909. The molecule has 3 rings (SSSR count). The molecule has 0 fully saturated rings. The summed E-state index contributed by atoms with van der Waals surface area (Å²) in [6.45, 7) is 0. The Kier molecular flexibility index (Phi) is 6.73. The second kappa shape index (κ2) is 9.31. The molecular formula is C22H12ClF3N4OS. The number of halogens is 4.